The fourth-order valence-corrected chi connectivity index (χ4v) is 3.46. The van der Waals surface area contributed by atoms with Gasteiger partial charge in [-0.3, -0.25) is 9.69 Å². The number of rotatable bonds is 4. The van der Waals surface area contributed by atoms with Crippen molar-refractivity contribution in [3.63, 3.8) is 0 Å². The average molecular weight is 302 g/mol. The lowest BCUT2D eigenvalue weighted by atomic mass is 10.0. The lowest BCUT2D eigenvalue weighted by Gasteiger charge is -2.32. The van der Waals surface area contributed by atoms with Gasteiger partial charge < -0.3 is 9.84 Å². The van der Waals surface area contributed by atoms with Gasteiger partial charge >= 0.3 is 5.97 Å². The minimum Gasteiger partial charge on any atom is -0.496 e. The molecule has 0 unspecified atom stereocenters. The van der Waals surface area contributed by atoms with E-state index in [0.717, 1.165) is 24.6 Å². The maximum Gasteiger partial charge on any atom is 0.325 e. The third-order valence-corrected chi connectivity index (χ3v) is 4.42. The first-order valence-corrected chi connectivity index (χ1v) is 7.55. The van der Waals surface area contributed by atoms with Crippen molar-refractivity contribution in [2.75, 3.05) is 31.7 Å². The fourth-order valence-electron chi connectivity index (χ4n) is 2.26. The molecule has 1 aliphatic heterocycles. The zero-order chi connectivity index (χ0) is 13.8. The molecule has 1 saturated heterocycles. The Kier molecular flexibility index (Phi) is 4.96. The average Bonchev–Trinajstić information content (AvgIpc) is 2.41. The van der Waals surface area contributed by atoms with Crippen LogP contribution in [0.5, 0.6) is 5.75 Å². The molecular formula is C13H16ClNO3S. The number of aliphatic carboxylic acids is 1. The number of carboxylic acids is 1. The minimum atomic E-state index is -0.890. The summed E-state index contributed by atoms with van der Waals surface area (Å²) in [6.07, 6.45) is 0. The number of hydrogen-bond acceptors (Lipinski definition) is 4. The highest BCUT2D eigenvalue weighted by molar-refractivity contribution is 7.99. The van der Waals surface area contributed by atoms with Crippen LogP contribution in [0.15, 0.2) is 18.2 Å². The van der Waals surface area contributed by atoms with Gasteiger partial charge in [-0.15, -0.1) is 0 Å². The van der Waals surface area contributed by atoms with E-state index in [1.807, 2.05) is 16.7 Å². The molecule has 1 aliphatic rings. The number of carboxylic acid groups (broad SMARTS) is 1. The Balaban J connectivity index is 2.41. The van der Waals surface area contributed by atoms with Gasteiger partial charge in [-0.1, -0.05) is 17.7 Å². The summed E-state index contributed by atoms with van der Waals surface area (Å²) in [5.74, 6) is 1.52. The van der Waals surface area contributed by atoms with Gasteiger partial charge in [-0.2, -0.15) is 11.8 Å². The highest BCUT2D eigenvalue weighted by Crippen LogP contribution is 2.36. The summed E-state index contributed by atoms with van der Waals surface area (Å²) in [6.45, 7) is 1.49. The molecule has 6 heteroatoms. The second-order valence-electron chi connectivity index (χ2n) is 4.24. The summed E-state index contributed by atoms with van der Waals surface area (Å²) < 4.78 is 5.27. The summed E-state index contributed by atoms with van der Waals surface area (Å²) in [5, 5.41) is 10.00. The van der Waals surface area contributed by atoms with E-state index in [1.54, 1.807) is 18.2 Å². The van der Waals surface area contributed by atoms with Crippen molar-refractivity contribution in [3.05, 3.63) is 28.8 Å². The predicted octanol–water partition coefficient (Wildman–Crippen LogP) is 2.52. The van der Waals surface area contributed by atoms with E-state index in [-0.39, 0.29) is 0 Å². The monoisotopic (exact) mass is 301 g/mol. The summed E-state index contributed by atoms with van der Waals surface area (Å²) >= 11 is 8.03. The van der Waals surface area contributed by atoms with Crippen molar-refractivity contribution in [1.82, 2.24) is 4.90 Å². The molecule has 0 amide bonds. The van der Waals surface area contributed by atoms with Crippen LogP contribution in [0.2, 0.25) is 5.02 Å². The molecule has 4 nitrogen and oxygen atoms in total. The summed E-state index contributed by atoms with van der Waals surface area (Å²) in [7, 11) is 1.53. The van der Waals surface area contributed by atoms with Crippen LogP contribution in [0.25, 0.3) is 0 Å². The lowest BCUT2D eigenvalue weighted by Crippen LogP contribution is -2.40. The Hall–Kier alpha value is -0.910. The molecule has 1 aromatic carbocycles. The van der Waals surface area contributed by atoms with Crippen molar-refractivity contribution >= 4 is 29.3 Å². The van der Waals surface area contributed by atoms with Crippen LogP contribution >= 0.6 is 23.4 Å². The zero-order valence-electron chi connectivity index (χ0n) is 10.6. The summed E-state index contributed by atoms with van der Waals surface area (Å²) in [6, 6.07) is 4.46. The number of thioether (sulfide) groups is 1. The molecule has 0 spiro atoms. The predicted molar refractivity (Wildman–Crippen MR) is 77.3 cm³/mol. The molecule has 1 aromatic rings. The standard InChI is InChI=1S/C13H16ClNO3S/c1-18-10-4-2-3-9(14)11(10)12(13(16)17)15-5-7-19-8-6-15/h2-4,12H,5-8H2,1H3,(H,16,17)/t12-/m0/s1. The molecule has 0 saturated carbocycles. The quantitative estimate of drug-likeness (QED) is 0.926. The number of methoxy groups -OCH3 is 1. The van der Waals surface area contributed by atoms with Crippen LogP contribution in [0, 0.1) is 0 Å². The number of carbonyl (C=O) groups is 1. The van der Waals surface area contributed by atoms with Crippen molar-refractivity contribution in [2.45, 2.75) is 6.04 Å². The van der Waals surface area contributed by atoms with Crippen LogP contribution in [0.4, 0.5) is 0 Å². The van der Waals surface area contributed by atoms with E-state index in [9.17, 15) is 9.90 Å². The zero-order valence-corrected chi connectivity index (χ0v) is 12.2. The lowest BCUT2D eigenvalue weighted by molar-refractivity contribution is -0.143. The van der Waals surface area contributed by atoms with Gasteiger partial charge in [-0.05, 0) is 12.1 Å². The van der Waals surface area contributed by atoms with E-state index in [2.05, 4.69) is 0 Å². The van der Waals surface area contributed by atoms with Gasteiger partial charge in [0.1, 0.15) is 11.8 Å². The van der Waals surface area contributed by atoms with Crippen LogP contribution in [0.1, 0.15) is 11.6 Å². The largest absolute Gasteiger partial charge is 0.496 e. The maximum absolute atomic E-state index is 11.7. The van der Waals surface area contributed by atoms with Gasteiger partial charge in [0.25, 0.3) is 0 Å². The topological polar surface area (TPSA) is 49.8 Å². The molecule has 1 heterocycles. The highest BCUT2D eigenvalue weighted by Gasteiger charge is 2.32. The Bertz CT molecular complexity index is 463. The number of nitrogens with zero attached hydrogens (tertiary/aromatic N) is 1. The second-order valence-corrected chi connectivity index (χ2v) is 5.88. The van der Waals surface area contributed by atoms with Crippen LogP contribution in [0.3, 0.4) is 0 Å². The van der Waals surface area contributed by atoms with Gasteiger partial charge in [0, 0.05) is 35.2 Å². The highest BCUT2D eigenvalue weighted by atomic mass is 35.5. The van der Waals surface area contributed by atoms with Crippen LogP contribution in [-0.2, 0) is 4.79 Å². The molecular weight excluding hydrogens is 286 g/mol. The fraction of sp³-hybridized carbons (Fsp3) is 0.462. The molecule has 1 fully saturated rings. The molecule has 1 atom stereocenters. The third-order valence-electron chi connectivity index (χ3n) is 3.15. The Labute approximate surface area is 121 Å². The van der Waals surface area contributed by atoms with E-state index in [0.29, 0.717) is 16.3 Å². The maximum atomic E-state index is 11.7. The molecule has 0 bridgehead atoms. The van der Waals surface area contributed by atoms with Crippen molar-refractivity contribution < 1.29 is 14.6 Å². The molecule has 2 rings (SSSR count). The first kappa shape index (κ1) is 14.5. The molecule has 0 aromatic heterocycles. The van der Waals surface area contributed by atoms with Crippen molar-refractivity contribution in [1.29, 1.82) is 0 Å². The molecule has 1 N–H and O–H groups in total. The number of ether oxygens (including phenoxy) is 1. The smallest absolute Gasteiger partial charge is 0.325 e. The first-order chi connectivity index (χ1) is 9.15. The minimum absolute atomic E-state index is 0.435. The van der Waals surface area contributed by atoms with E-state index in [1.165, 1.54) is 7.11 Å². The molecule has 0 radical (unpaired) electrons. The SMILES string of the molecule is COc1cccc(Cl)c1[C@@H](C(=O)O)N1CCSCC1. The van der Waals surface area contributed by atoms with Gasteiger partial charge in [0.05, 0.1) is 7.11 Å². The van der Waals surface area contributed by atoms with Crippen molar-refractivity contribution in [3.8, 4) is 5.75 Å². The number of hydrogen-bond donors (Lipinski definition) is 1. The number of halogens is 1. The second kappa shape index (κ2) is 6.50. The Morgan fingerprint density at radius 2 is 2.16 bits per heavy atom. The first-order valence-electron chi connectivity index (χ1n) is 6.02. The van der Waals surface area contributed by atoms with Crippen molar-refractivity contribution in [2.24, 2.45) is 0 Å². The van der Waals surface area contributed by atoms with E-state index < -0.39 is 12.0 Å². The number of benzene rings is 1. The Morgan fingerprint density at radius 1 is 1.47 bits per heavy atom. The van der Waals surface area contributed by atoms with Crippen LogP contribution in [-0.4, -0.2) is 47.7 Å². The summed E-state index contributed by atoms with van der Waals surface area (Å²) in [5.41, 5.74) is 0.547. The normalized spacial score (nSPS) is 18.0. The van der Waals surface area contributed by atoms with Gasteiger partial charge in [0.2, 0.25) is 0 Å². The molecule has 0 aliphatic carbocycles. The third kappa shape index (κ3) is 3.16. The summed E-state index contributed by atoms with van der Waals surface area (Å²) in [4.78, 5) is 13.6. The van der Waals surface area contributed by atoms with Gasteiger partial charge in [-0.25, -0.2) is 0 Å². The Morgan fingerprint density at radius 3 is 2.74 bits per heavy atom. The van der Waals surface area contributed by atoms with Crippen LogP contribution < -0.4 is 4.74 Å². The van der Waals surface area contributed by atoms with E-state index >= 15 is 0 Å². The molecule has 104 valence electrons. The van der Waals surface area contributed by atoms with E-state index in [4.69, 9.17) is 16.3 Å². The van der Waals surface area contributed by atoms with Gasteiger partial charge in [0.15, 0.2) is 0 Å². The molecule has 19 heavy (non-hydrogen) atoms.